The fourth-order valence-corrected chi connectivity index (χ4v) is 1.68. The van der Waals surface area contributed by atoms with Crippen LogP contribution in [0.3, 0.4) is 0 Å². The topological polar surface area (TPSA) is 50.2 Å². The van der Waals surface area contributed by atoms with Gasteiger partial charge in [-0.3, -0.25) is 4.98 Å². The summed E-state index contributed by atoms with van der Waals surface area (Å²) >= 11 is 0. The second-order valence-electron chi connectivity index (χ2n) is 3.69. The predicted molar refractivity (Wildman–Crippen MR) is 61.3 cm³/mol. The smallest absolute Gasteiger partial charge is 0.336 e. The molecule has 86 valence electrons. The largest absolute Gasteiger partial charge is 0.478 e. The zero-order valence-corrected chi connectivity index (χ0v) is 9.14. The van der Waals surface area contributed by atoms with Gasteiger partial charge in [0.2, 0.25) is 0 Å². The van der Waals surface area contributed by atoms with Gasteiger partial charge in [0.1, 0.15) is 5.82 Å². The van der Waals surface area contributed by atoms with Gasteiger partial charge in [0.15, 0.2) is 0 Å². The Balaban J connectivity index is 2.68. The molecule has 1 aromatic heterocycles. The molecule has 0 saturated heterocycles. The van der Waals surface area contributed by atoms with E-state index in [1.54, 1.807) is 13.0 Å². The number of pyridine rings is 1. The molecule has 0 bridgehead atoms. The predicted octanol–water partition coefficient (Wildman–Crippen LogP) is 2.89. The Bertz CT molecular complexity index is 581. The van der Waals surface area contributed by atoms with Gasteiger partial charge in [-0.25, -0.2) is 9.18 Å². The molecule has 0 saturated carbocycles. The first-order valence-corrected chi connectivity index (χ1v) is 5.03. The molecule has 0 aliphatic carbocycles. The Morgan fingerprint density at radius 2 is 2.06 bits per heavy atom. The van der Waals surface area contributed by atoms with Crippen molar-refractivity contribution in [3.8, 4) is 11.1 Å². The first-order chi connectivity index (χ1) is 8.09. The third kappa shape index (κ3) is 2.15. The quantitative estimate of drug-likeness (QED) is 0.864. The van der Waals surface area contributed by atoms with Crippen LogP contribution in [-0.2, 0) is 0 Å². The monoisotopic (exact) mass is 231 g/mol. The molecule has 0 atom stereocenters. The minimum Gasteiger partial charge on any atom is -0.478 e. The van der Waals surface area contributed by atoms with E-state index in [-0.39, 0.29) is 5.56 Å². The first kappa shape index (κ1) is 11.3. The number of aromatic nitrogens is 1. The lowest BCUT2D eigenvalue weighted by molar-refractivity contribution is 0.0697. The molecule has 0 fully saturated rings. The van der Waals surface area contributed by atoms with Crippen molar-refractivity contribution in [2.24, 2.45) is 0 Å². The van der Waals surface area contributed by atoms with Crippen molar-refractivity contribution >= 4 is 5.97 Å². The number of aromatic carboxylic acids is 1. The van der Waals surface area contributed by atoms with Crippen molar-refractivity contribution in [1.82, 2.24) is 4.98 Å². The number of halogens is 1. The van der Waals surface area contributed by atoms with Gasteiger partial charge in [-0.1, -0.05) is 6.07 Å². The van der Waals surface area contributed by atoms with Gasteiger partial charge in [-0.2, -0.15) is 0 Å². The maximum Gasteiger partial charge on any atom is 0.336 e. The van der Waals surface area contributed by atoms with Crippen molar-refractivity contribution in [2.45, 2.75) is 6.92 Å². The first-order valence-electron chi connectivity index (χ1n) is 5.03. The van der Waals surface area contributed by atoms with Crippen LogP contribution in [-0.4, -0.2) is 16.1 Å². The van der Waals surface area contributed by atoms with E-state index in [9.17, 15) is 9.18 Å². The molecule has 4 heteroatoms. The van der Waals surface area contributed by atoms with E-state index in [4.69, 9.17) is 5.11 Å². The Hall–Kier alpha value is -2.23. The molecule has 3 nitrogen and oxygen atoms in total. The molecule has 1 heterocycles. The number of carboxylic acids is 1. The van der Waals surface area contributed by atoms with E-state index in [0.717, 1.165) is 5.56 Å². The highest BCUT2D eigenvalue weighted by Gasteiger charge is 2.13. The maximum absolute atomic E-state index is 13.2. The number of rotatable bonds is 2. The van der Waals surface area contributed by atoms with Crippen LogP contribution < -0.4 is 0 Å². The highest BCUT2D eigenvalue weighted by atomic mass is 19.1. The van der Waals surface area contributed by atoms with Crippen LogP contribution in [0, 0.1) is 12.7 Å². The van der Waals surface area contributed by atoms with Crippen LogP contribution in [0.1, 0.15) is 15.9 Å². The van der Waals surface area contributed by atoms with Gasteiger partial charge in [0, 0.05) is 18.0 Å². The molecule has 0 aliphatic heterocycles. The van der Waals surface area contributed by atoms with Crippen LogP contribution in [0.25, 0.3) is 11.1 Å². The third-order valence-corrected chi connectivity index (χ3v) is 2.54. The summed E-state index contributed by atoms with van der Waals surface area (Å²) in [5, 5.41) is 9.07. The fraction of sp³-hybridized carbons (Fsp3) is 0.0769. The second kappa shape index (κ2) is 4.33. The molecule has 2 aromatic rings. The average Bonchev–Trinajstić information content (AvgIpc) is 2.32. The summed E-state index contributed by atoms with van der Waals surface area (Å²) in [5.41, 5.74) is 1.91. The normalized spacial score (nSPS) is 10.2. The van der Waals surface area contributed by atoms with Gasteiger partial charge >= 0.3 is 5.97 Å². The minimum atomic E-state index is -1.05. The van der Waals surface area contributed by atoms with E-state index < -0.39 is 11.8 Å². The molecule has 17 heavy (non-hydrogen) atoms. The van der Waals surface area contributed by atoms with Gasteiger partial charge in [-0.15, -0.1) is 0 Å². The standard InChI is InChI=1S/C13H10FNO2/c1-8-2-3-9(14)6-11(8)12-7-15-5-4-10(12)13(16)17/h2-7H,1H3,(H,16,17). The van der Waals surface area contributed by atoms with E-state index >= 15 is 0 Å². The summed E-state index contributed by atoms with van der Waals surface area (Å²) < 4.78 is 13.2. The van der Waals surface area contributed by atoms with Gasteiger partial charge in [-0.05, 0) is 36.2 Å². The lowest BCUT2D eigenvalue weighted by Crippen LogP contribution is -2.01. The van der Waals surface area contributed by atoms with Crippen LogP contribution in [0.4, 0.5) is 4.39 Å². The van der Waals surface area contributed by atoms with E-state index in [2.05, 4.69) is 4.98 Å². The maximum atomic E-state index is 13.2. The Labute approximate surface area is 97.6 Å². The lowest BCUT2D eigenvalue weighted by atomic mass is 9.98. The fourth-order valence-electron chi connectivity index (χ4n) is 1.68. The van der Waals surface area contributed by atoms with Crippen molar-refractivity contribution in [2.75, 3.05) is 0 Å². The van der Waals surface area contributed by atoms with Crippen LogP contribution in [0.15, 0.2) is 36.7 Å². The van der Waals surface area contributed by atoms with E-state index in [0.29, 0.717) is 11.1 Å². The van der Waals surface area contributed by atoms with Gasteiger partial charge in [0.25, 0.3) is 0 Å². The molecule has 0 unspecified atom stereocenters. The highest BCUT2D eigenvalue weighted by molar-refractivity contribution is 5.96. The summed E-state index contributed by atoms with van der Waals surface area (Å²) in [7, 11) is 0. The number of aryl methyl sites for hydroxylation is 1. The zero-order chi connectivity index (χ0) is 12.4. The van der Waals surface area contributed by atoms with Crippen LogP contribution in [0.2, 0.25) is 0 Å². The van der Waals surface area contributed by atoms with Crippen LogP contribution in [0.5, 0.6) is 0 Å². The molecule has 1 N–H and O–H groups in total. The third-order valence-electron chi connectivity index (χ3n) is 2.54. The Morgan fingerprint density at radius 1 is 1.29 bits per heavy atom. The molecular formula is C13H10FNO2. The second-order valence-corrected chi connectivity index (χ2v) is 3.69. The molecule has 0 aliphatic rings. The van der Waals surface area contributed by atoms with Gasteiger partial charge < -0.3 is 5.11 Å². The van der Waals surface area contributed by atoms with Crippen molar-refractivity contribution in [1.29, 1.82) is 0 Å². The van der Waals surface area contributed by atoms with Gasteiger partial charge in [0.05, 0.1) is 5.56 Å². The van der Waals surface area contributed by atoms with Crippen molar-refractivity contribution in [3.05, 3.63) is 53.6 Å². The van der Waals surface area contributed by atoms with E-state index in [1.165, 1.54) is 30.6 Å². The number of hydrogen-bond acceptors (Lipinski definition) is 2. The number of benzene rings is 1. The summed E-state index contributed by atoms with van der Waals surface area (Å²) in [6.45, 7) is 1.80. The van der Waals surface area contributed by atoms with Crippen molar-refractivity contribution in [3.63, 3.8) is 0 Å². The zero-order valence-electron chi connectivity index (χ0n) is 9.14. The Morgan fingerprint density at radius 3 is 2.76 bits per heavy atom. The molecule has 0 spiro atoms. The van der Waals surface area contributed by atoms with Crippen molar-refractivity contribution < 1.29 is 14.3 Å². The number of carbonyl (C=O) groups is 1. The Kier molecular flexibility index (Phi) is 2.87. The molecule has 2 rings (SSSR count). The number of nitrogens with zero attached hydrogens (tertiary/aromatic N) is 1. The summed E-state index contributed by atoms with van der Waals surface area (Å²) in [6, 6.07) is 5.68. The molecule has 1 aromatic carbocycles. The summed E-state index contributed by atoms with van der Waals surface area (Å²) in [6.07, 6.45) is 2.84. The highest BCUT2D eigenvalue weighted by Crippen LogP contribution is 2.26. The summed E-state index contributed by atoms with van der Waals surface area (Å²) in [4.78, 5) is 15.0. The SMILES string of the molecule is Cc1ccc(F)cc1-c1cnccc1C(=O)O. The number of carboxylic acid groups (broad SMARTS) is 1. The van der Waals surface area contributed by atoms with Crippen LogP contribution >= 0.6 is 0 Å². The molecular weight excluding hydrogens is 221 g/mol. The molecule has 0 amide bonds. The minimum absolute atomic E-state index is 0.119. The number of hydrogen-bond donors (Lipinski definition) is 1. The lowest BCUT2D eigenvalue weighted by Gasteiger charge is -2.08. The average molecular weight is 231 g/mol. The van der Waals surface area contributed by atoms with E-state index in [1.807, 2.05) is 0 Å². The molecule has 0 radical (unpaired) electrons. The summed E-state index contributed by atoms with van der Waals surface area (Å²) in [5.74, 6) is -1.45.